The average molecular weight is 397 g/mol. The summed E-state index contributed by atoms with van der Waals surface area (Å²) < 4.78 is 29.4. The normalized spacial score (nSPS) is 14.6. The van der Waals surface area contributed by atoms with Crippen molar-refractivity contribution in [2.45, 2.75) is 25.0 Å². The summed E-state index contributed by atoms with van der Waals surface area (Å²) in [6.45, 7) is 1.42. The number of fused-ring (bicyclic) bond motifs is 1. The van der Waals surface area contributed by atoms with Crippen molar-refractivity contribution in [1.82, 2.24) is 24.7 Å². The number of H-pyrrole nitrogens is 1. The van der Waals surface area contributed by atoms with Crippen molar-refractivity contribution in [1.29, 1.82) is 0 Å². The maximum atomic E-state index is 14.6. The number of aromatic nitrogens is 5. The molecule has 0 saturated heterocycles. The Balaban J connectivity index is 1.87. The Morgan fingerprint density at radius 2 is 2.03 bits per heavy atom. The molecule has 2 heterocycles. The fraction of sp³-hybridized carbons (Fsp3) is 0.200. The fourth-order valence-corrected chi connectivity index (χ4v) is 3.39. The summed E-state index contributed by atoms with van der Waals surface area (Å²) in [6, 6.07) is 9.71. The summed E-state index contributed by atoms with van der Waals surface area (Å²) in [4.78, 5) is 23.4. The van der Waals surface area contributed by atoms with E-state index in [2.05, 4.69) is 20.1 Å². The van der Waals surface area contributed by atoms with Gasteiger partial charge in [-0.1, -0.05) is 25.1 Å². The van der Waals surface area contributed by atoms with Crippen molar-refractivity contribution in [3.63, 3.8) is 0 Å². The number of aliphatic hydroxyl groups is 1. The lowest BCUT2D eigenvalue weighted by Gasteiger charge is -2.34. The zero-order valence-electron chi connectivity index (χ0n) is 15.4. The van der Waals surface area contributed by atoms with Crippen molar-refractivity contribution in [2.24, 2.45) is 0 Å². The number of hydrogen-bond acceptors (Lipinski definition) is 5. The molecule has 0 saturated carbocycles. The largest absolute Gasteiger partial charge is 0.382 e. The maximum Gasteiger partial charge on any atom is 0.258 e. The zero-order valence-corrected chi connectivity index (χ0v) is 15.4. The quantitative estimate of drug-likeness (QED) is 0.539. The highest BCUT2D eigenvalue weighted by Crippen LogP contribution is 2.38. The number of hydrogen-bond donors (Lipinski definition) is 2. The van der Waals surface area contributed by atoms with E-state index >= 15 is 0 Å². The molecule has 2 N–H and O–H groups in total. The highest BCUT2D eigenvalue weighted by Gasteiger charge is 2.41. The molecule has 4 aromatic rings. The summed E-state index contributed by atoms with van der Waals surface area (Å²) in [5.41, 5.74) is -1.97. The van der Waals surface area contributed by atoms with E-state index in [0.29, 0.717) is 17.0 Å². The van der Waals surface area contributed by atoms with Gasteiger partial charge in [0.05, 0.1) is 17.4 Å². The molecule has 2 unspecified atom stereocenters. The van der Waals surface area contributed by atoms with Crippen molar-refractivity contribution >= 4 is 10.9 Å². The van der Waals surface area contributed by atoms with E-state index in [4.69, 9.17) is 0 Å². The Morgan fingerprint density at radius 1 is 1.24 bits per heavy atom. The van der Waals surface area contributed by atoms with Crippen LogP contribution >= 0.6 is 0 Å². The molecule has 0 fully saturated rings. The van der Waals surface area contributed by atoms with E-state index in [0.717, 1.165) is 6.07 Å². The molecule has 0 spiro atoms. The third-order valence-electron chi connectivity index (χ3n) is 5.02. The summed E-state index contributed by atoms with van der Waals surface area (Å²) >= 11 is 0. The lowest BCUT2D eigenvalue weighted by atomic mass is 9.81. The minimum atomic E-state index is -1.90. The monoisotopic (exact) mass is 397 g/mol. The van der Waals surface area contributed by atoms with Crippen LogP contribution in [0.1, 0.15) is 24.2 Å². The van der Waals surface area contributed by atoms with Crippen LogP contribution < -0.4 is 5.56 Å². The minimum absolute atomic E-state index is 0.141. The highest BCUT2D eigenvalue weighted by molar-refractivity contribution is 5.77. The van der Waals surface area contributed by atoms with E-state index in [9.17, 15) is 18.7 Å². The van der Waals surface area contributed by atoms with E-state index in [1.165, 1.54) is 23.4 Å². The second kappa shape index (κ2) is 7.17. The van der Waals surface area contributed by atoms with Crippen LogP contribution in [0.2, 0.25) is 0 Å². The number of halogens is 2. The fourth-order valence-electron chi connectivity index (χ4n) is 3.39. The van der Waals surface area contributed by atoms with Crippen molar-refractivity contribution in [3.8, 4) is 0 Å². The minimum Gasteiger partial charge on any atom is -0.382 e. The van der Waals surface area contributed by atoms with Crippen molar-refractivity contribution in [2.75, 3.05) is 0 Å². The Kier molecular flexibility index (Phi) is 4.67. The number of nitrogens with one attached hydrogen (secondary N) is 1. The van der Waals surface area contributed by atoms with Crippen LogP contribution in [0.3, 0.4) is 0 Å². The topological polar surface area (TPSA) is 96.7 Å². The van der Waals surface area contributed by atoms with E-state index in [-0.39, 0.29) is 23.5 Å². The molecule has 2 aromatic heterocycles. The number of rotatable bonds is 5. The number of aromatic amines is 1. The first kappa shape index (κ1) is 18.9. The summed E-state index contributed by atoms with van der Waals surface area (Å²) in [6.07, 6.45) is 2.65. The van der Waals surface area contributed by atoms with Gasteiger partial charge in [-0.2, -0.15) is 5.10 Å². The second-order valence-electron chi connectivity index (χ2n) is 6.83. The molecule has 0 bridgehead atoms. The molecular formula is C20H17F2N5O2. The SMILES string of the molecule is CC(c1nc2ccccc2c(=O)[nH]1)C(O)(Cn1cncn1)c1ccc(F)cc1F. The van der Waals surface area contributed by atoms with Crippen LogP contribution in [0.5, 0.6) is 0 Å². The molecular weight excluding hydrogens is 380 g/mol. The predicted molar refractivity (Wildman–Crippen MR) is 101 cm³/mol. The Bertz CT molecular complexity index is 1230. The summed E-state index contributed by atoms with van der Waals surface area (Å²) in [5, 5.41) is 16.0. The van der Waals surface area contributed by atoms with Gasteiger partial charge in [-0.25, -0.2) is 23.4 Å². The molecule has 148 valence electrons. The van der Waals surface area contributed by atoms with Gasteiger partial charge in [0.1, 0.15) is 35.7 Å². The van der Waals surface area contributed by atoms with Crippen LogP contribution in [0, 0.1) is 11.6 Å². The Labute approximate surface area is 163 Å². The third kappa shape index (κ3) is 3.40. The van der Waals surface area contributed by atoms with E-state index in [1.807, 2.05) is 0 Å². The molecule has 7 nitrogen and oxygen atoms in total. The molecule has 4 rings (SSSR count). The van der Waals surface area contributed by atoms with Gasteiger partial charge in [-0.15, -0.1) is 0 Å². The molecule has 0 aliphatic carbocycles. The molecule has 0 radical (unpaired) electrons. The van der Waals surface area contributed by atoms with Crippen molar-refractivity contribution < 1.29 is 13.9 Å². The van der Waals surface area contributed by atoms with Gasteiger partial charge >= 0.3 is 0 Å². The van der Waals surface area contributed by atoms with Crippen LogP contribution in [-0.4, -0.2) is 29.8 Å². The molecule has 29 heavy (non-hydrogen) atoms. The van der Waals surface area contributed by atoms with Gasteiger partial charge in [0.15, 0.2) is 0 Å². The van der Waals surface area contributed by atoms with Crippen molar-refractivity contribution in [3.05, 3.63) is 88.5 Å². The molecule has 2 aromatic carbocycles. The van der Waals surface area contributed by atoms with Gasteiger partial charge in [0.25, 0.3) is 5.56 Å². The Hall–Kier alpha value is -3.46. The number of para-hydroxylation sites is 1. The smallest absolute Gasteiger partial charge is 0.258 e. The summed E-state index contributed by atoms with van der Waals surface area (Å²) in [7, 11) is 0. The van der Waals surface area contributed by atoms with Crippen LogP contribution in [0.15, 0.2) is 59.9 Å². The van der Waals surface area contributed by atoms with E-state index in [1.54, 1.807) is 31.2 Å². The zero-order chi connectivity index (χ0) is 20.6. The first-order valence-electron chi connectivity index (χ1n) is 8.88. The average Bonchev–Trinajstić information content (AvgIpc) is 3.20. The first-order chi connectivity index (χ1) is 13.9. The van der Waals surface area contributed by atoms with Gasteiger partial charge < -0.3 is 10.1 Å². The van der Waals surface area contributed by atoms with Gasteiger partial charge in [0.2, 0.25) is 0 Å². The van der Waals surface area contributed by atoms with Gasteiger partial charge in [-0.05, 0) is 18.2 Å². The molecule has 2 atom stereocenters. The molecule has 0 aliphatic heterocycles. The predicted octanol–water partition coefficient (Wildman–Crippen LogP) is 2.48. The highest BCUT2D eigenvalue weighted by atomic mass is 19.1. The maximum absolute atomic E-state index is 14.6. The van der Waals surface area contributed by atoms with Crippen LogP contribution in [0.4, 0.5) is 8.78 Å². The number of nitrogens with zero attached hydrogens (tertiary/aromatic N) is 4. The van der Waals surface area contributed by atoms with Gasteiger partial charge in [0, 0.05) is 17.5 Å². The lowest BCUT2D eigenvalue weighted by Crippen LogP contribution is -2.39. The number of benzene rings is 2. The first-order valence-corrected chi connectivity index (χ1v) is 8.88. The van der Waals surface area contributed by atoms with E-state index < -0.39 is 23.2 Å². The standard InChI is InChI=1S/C20H17F2N5O2/c1-12(18-25-17-5-3-2-4-14(17)19(28)26-18)20(29,9-27-11-23-10-24-27)15-7-6-13(21)8-16(15)22/h2-8,10-12,29H,9H2,1H3,(H,25,26,28). The third-order valence-corrected chi connectivity index (χ3v) is 5.02. The van der Waals surface area contributed by atoms with Crippen LogP contribution in [0.25, 0.3) is 10.9 Å². The van der Waals surface area contributed by atoms with Crippen LogP contribution in [-0.2, 0) is 12.1 Å². The second-order valence-corrected chi connectivity index (χ2v) is 6.83. The molecule has 0 aliphatic rings. The lowest BCUT2D eigenvalue weighted by molar-refractivity contribution is -0.0135. The molecule has 9 heteroatoms. The Morgan fingerprint density at radius 3 is 2.76 bits per heavy atom. The molecule has 0 amide bonds. The van der Waals surface area contributed by atoms with Gasteiger partial charge in [-0.3, -0.25) is 4.79 Å². The summed E-state index contributed by atoms with van der Waals surface area (Å²) in [5.74, 6) is -2.38.